The van der Waals surface area contributed by atoms with Crippen molar-refractivity contribution in [3.8, 4) is 0 Å². The average molecular weight is 182 g/mol. The lowest BCUT2D eigenvalue weighted by molar-refractivity contribution is -0.186. The maximum absolute atomic E-state index is 5.70. The zero-order valence-corrected chi connectivity index (χ0v) is 8.45. The van der Waals surface area contributed by atoms with Crippen LogP contribution in [0.2, 0.25) is 0 Å². The first-order valence-corrected chi connectivity index (χ1v) is 4.86. The largest absolute Gasteiger partial charge is 0.349 e. The predicted molar refractivity (Wildman–Crippen MR) is 53.5 cm³/mol. The van der Waals surface area contributed by atoms with Gasteiger partial charge >= 0.3 is 0 Å². The number of ether oxygens (including phenoxy) is 2. The number of methoxy groups -OCH3 is 1. The Kier molecular flexibility index (Phi) is 4.19. The SMILES string of the molecule is CCCCOC1(OC)C=CC=CC1. The maximum Gasteiger partial charge on any atom is 0.191 e. The lowest BCUT2D eigenvalue weighted by atomic mass is 10.1. The Bertz CT molecular complexity index is 196. The van der Waals surface area contributed by atoms with Gasteiger partial charge in [-0.15, -0.1) is 0 Å². The summed E-state index contributed by atoms with van der Waals surface area (Å²) in [5.74, 6) is -0.496. The summed E-state index contributed by atoms with van der Waals surface area (Å²) >= 11 is 0. The molecule has 1 aliphatic rings. The molecule has 0 aromatic carbocycles. The highest BCUT2D eigenvalue weighted by Crippen LogP contribution is 2.23. The number of hydrogen-bond acceptors (Lipinski definition) is 2. The second-order valence-corrected chi connectivity index (χ2v) is 3.21. The van der Waals surface area contributed by atoms with Gasteiger partial charge in [0.05, 0.1) is 6.61 Å². The summed E-state index contributed by atoms with van der Waals surface area (Å²) in [4.78, 5) is 0. The minimum absolute atomic E-state index is 0.496. The van der Waals surface area contributed by atoms with E-state index in [9.17, 15) is 0 Å². The van der Waals surface area contributed by atoms with Gasteiger partial charge in [0.25, 0.3) is 0 Å². The molecule has 0 saturated heterocycles. The third-order valence-corrected chi connectivity index (χ3v) is 2.19. The van der Waals surface area contributed by atoms with Gasteiger partial charge in [-0.1, -0.05) is 31.6 Å². The molecule has 74 valence electrons. The zero-order chi connectivity index (χ0) is 9.57. The van der Waals surface area contributed by atoms with E-state index in [1.54, 1.807) is 7.11 Å². The van der Waals surface area contributed by atoms with Crippen LogP contribution in [0.1, 0.15) is 26.2 Å². The van der Waals surface area contributed by atoms with Gasteiger partial charge in [0.1, 0.15) is 0 Å². The topological polar surface area (TPSA) is 18.5 Å². The molecule has 2 heteroatoms. The van der Waals surface area contributed by atoms with E-state index in [2.05, 4.69) is 13.0 Å². The molecular formula is C11H18O2. The second-order valence-electron chi connectivity index (χ2n) is 3.21. The van der Waals surface area contributed by atoms with E-state index < -0.39 is 5.79 Å². The molecule has 0 bridgehead atoms. The molecule has 2 nitrogen and oxygen atoms in total. The van der Waals surface area contributed by atoms with Gasteiger partial charge < -0.3 is 9.47 Å². The third kappa shape index (κ3) is 2.98. The lowest BCUT2D eigenvalue weighted by Crippen LogP contribution is -2.33. The van der Waals surface area contributed by atoms with E-state index in [0.717, 1.165) is 25.9 Å². The maximum atomic E-state index is 5.70. The molecule has 13 heavy (non-hydrogen) atoms. The molecule has 1 rings (SSSR count). The molecule has 0 fully saturated rings. The van der Waals surface area contributed by atoms with E-state index in [1.807, 2.05) is 18.2 Å². The van der Waals surface area contributed by atoms with E-state index in [1.165, 1.54) is 0 Å². The molecule has 1 aliphatic carbocycles. The van der Waals surface area contributed by atoms with Gasteiger partial charge in [-0.2, -0.15) is 0 Å². The Morgan fingerprint density at radius 2 is 2.23 bits per heavy atom. The first-order valence-electron chi connectivity index (χ1n) is 4.86. The van der Waals surface area contributed by atoms with Crippen molar-refractivity contribution in [2.24, 2.45) is 0 Å². The summed E-state index contributed by atoms with van der Waals surface area (Å²) in [6.45, 7) is 2.92. The zero-order valence-electron chi connectivity index (χ0n) is 8.45. The van der Waals surface area contributed by atoms with Crippen molar-refractivity contribution >= 4 is 0 Å². The van der Waals surface area contributed by atoms with Crippen molar-refractivity contribution in [1.82, 2.24) is 0 Å². The second kappa shape index (κ2) is 5.20. The van der Waals surface area contributed by atoms with Crippen LogP contribution in [0.4, 0.5) is 0 Å². The Hall–Kier alpha value is -0.600. The monoisotopic (exact) mass is 182 g/mol. The van der Waals surface area contributed by atoms with Crippen molar-refractivity contribution in [1.29, 1.82) is 0 Å². The van der Waals surface area contributed by atoms with Crippen LogP contribution in [-0.4, -0.2) is 19.5 Å². The van der Waals surface area contributed by atoms with Gasteiger partial charge in [0, 0.05) is 13.5 Å². The molecule has 0 aromatic rings. The van der Waals surface area contributed by atoms with Crippen LogP contribution in [-0.2, 0) is 9.47 Å². The minimum atomic E-state index is -0.496. The van der Waals surface area contributed by atoms with Crippen LogP contribution in [0.3, 0.4) is 0 Å². The van der Waals surface area contributed by atoms with E-state index >= 15 is 0 Å². The number of allylic oxidation sites excluding steroid dienone is 2. The van der Waals surface area contributed by atoms with Gasteiger partial charge in [0.15, 0.2) is 5.79 Å². The summed E-state index contributed by atoms with van der Waals surface area (Å²) in [6.07, 6.45) is 11.1. The smallest absolute Gasteiger partial charge is 0.191 e. The van der Waals surface area contributed by atoms with Crippen LogP contribution < -0.4 is 0 Å². The predicted octanol–water partition coefficient (Wildman–Crippen LogP) is 2.66. The van der Waals surface area contributed by atoms with Gasteiger partial charge in [0.2, 0.25) is 0 Å². The fourth-order valence-electron chi connectivity index (χ4n) is 1.29. The van der Waals surface area contributed by atoms with Crippen LogP contribution >= 0.6 is 0 Å². The Labute approximate surface area is 80.2 Å². The van der Waals surface area contributed by atoms with Gasteiger partial charge in [-0.3, -0.25) is 0 Å². The van der Waals surface area contributed by atoms with Crippen molar-refractivity contribution in [2.75, 3.05) is 13.7 Å². The molecule has 0 N–H and O–H groups in total. The standard InChI is InChI=1S/C11H18O2/c1-3-4-10-13-11(12-2)8-6-5-7-9-11/h5-8H,3-4,9-10H2,1-2H3. The molecule has 0 radical (unpaired) electrons. The van der Waals surface area contributed by atoms with Crippen LogP contribution in [0.5, 0.6) is 0 Å². The fourth-order valence-corrected chi connectivity index (χ4v) is 1.29. The number of unbranched alkanes of at least 4 members (excludes halogenated alkanes) is 1. The molecule has 0 saturated carbocycles. The van der Waals surface area contributed by atoms with E-state index in [0.29, 0.717) is 0 Å². The van der Waals surface area contributed by atoms with Crippen LogP contribution in [0, 0.1) is 0 Å². The number of hydrogen-bond donors (Lipinski definition) is 0. The van der Waals surface area contributed by atoms with Gasteiger partial charge in [-0.05, 0) is 12.5 Å². The normalized spacial score (nSPS) is 26.6. The Morgan fingerprint density at radius 3 is 2.77 bits per heavy atom. The summed E-state index contributed by atoms with van der Waals surface area (Å²) in [6, 6.07) is 0. The molecule has 1 unspecified atom stereocenters. The summed E-state index contributed by atoms with van der Waals surface area (Å²) in [5, 5.41) is 0. The first kappa shape index (κ1) is 10.5. The van der Waals surface area contributed by atoms with E-state index in [4.69, 9.17) is 9.47 Å². The van der Waals surface area contributed by atoms with Crippen molar-refractivity contribution < 1.29 is 9.47 Å². The van der Waals surface area contributed by atoms with Crippen molar-refractivity contribution in [2.45, 2.75) is 32.0 Å². The summed E-state index contributed by atoms with van der Waals surface area (Å²) in [7, 11) is 1.69. The number of rotatable bonds is 5. The fraction of sp³-hybridized carbons (Fsp3) is 0.636. The highest BCUT2D eigenvalue weighted by Gasteiger charge is 2.26. The van der Waals surface area contributed by atoms with Gasteiger partial charge in [-0.25, -0.2) is 0 Å². The highest BCUT2D eigenvalue weighted by molar-refractivity contribution is 5.15. The third-order valence-electron chi connectivity index (χ3n) is 2.19. The quantitative estimate of drug-likeness (QED) is 0.480. The Morgan fingerprint density at radius 1 is 1.38 bits per heavy atom. The lowest BCUT2D eigenvalue weighted by Gasteiger charge is -2.29. The molecule has 0 spiro atoms. The molecule has 1 atom stereocenters. The van der Waals surface area contributed by atoms with E-state index in [-0.39, 0.29) is 0 Å². The van der Waals surface area contributed by atoms with Crippen molar-refractivity contribution in [3.63, 3.8) is 0 Å². The first-order chi connectivity index (χ1) is 6.33. The molecular weight excluding hydrogens is 164 g/mol. The molecule has 0 aliphatic heterocycles. The molecule has 0 heterocycles. The minimum Gasteiger partial charge on any atom is -0.349 e. The van der Waals surface area contributed by atoms with Crippen LogP contribution in [0.15, 0.2) is 24.3 Å². The Balaban J connectivity index is 2.40. The summed E-state index contributed by atoms with van der Waals surface area (Å²) < 4.78 is 11.1. The highest BCUT2D eigenvalue weighted by atomic mass is 16.7. The molecule has 0 amide bonds. The summed E-state index contributed by atoms with van der Waals surface area (Å²) in [5.41, 5.74) is 0. The van der Waals surface area contributed by atoms with Crippen LogP contribution in [0.25, 0.3) is 0 Å². The molecule has 0 aromatic heterocycles. The van der Waals surface area contributed by atoms with Crippen molar-refractivity contribution in [3.05, 3.63) is 24.3 Å². The average Bonchev–Trinajstić information content (AvgIpc) is 2.20.